The van der Waals surface area contributed by atoms with Crippen LogP contribution in [0.1, 0.15) is 36.0 Å². The molecule has 2 N–H and O–H groups in total. The first-order chi connectivity index (χ1) is 9.10. The van der Waals surface area contributed by atoms with Gasteiger partial charge in [0.15, 0.2) is 0 Å². The number of carboxylic acids is 1. The third-order valence-corrected chi connectivity index (χ3v) is 4.79. The van der Waals surface area contributed by atoms with Crippen LogP contribution in [0.5, 0.6) is 0 Å². The lowest BCUT2D eigenvalue weighted by atomic mass is 9.95. The van der Waals surface area contributed by atoms with E-state index in [1.807, 2.05) is 11.8 Å². The molecule has 4 nitrogen and oxygen atoms in total. The van der Waals surface area contributed by atoms with E-state index in [9.17, 15) is 4.79 Å². The summed E-state index contributed by atoms with van der Waals surface area (Å²) in [4.78, 5) is 15.2. The van der Waals surface area contributed by atoms with Gasteiger partial charge in [0.1, 0.15) is 16.5 Å². The maximum atomic E-state index is 11.1. The zero-order chi connectivity index (χ0) is 13.8. The van der Waals surface area contributed by atoms with Crippen molar-refractivity contribution in [2.24, 2.45) is 0 Å². The minimum Gasteiger partial charge on any atom is -0.478 e. The first-order valence-electron chi connectivity index (χ1n) is 6.29. The summed E-state index contributed by atoms with van der Waals surface area (Å²) in [6, 6.07) is 3.28. The molecule has 1 aliphatic carbocycles. The number of hydrogen-bond acceptors (Lipinski definition) is 4. The van der Waals surface area contributed by atoms with Crippen LogP contribution in [0.3, 0.4) is 0 Å². The number of nitrogens with one attached hydrogen (secondary N) is 1. The van der Waals surface area contributed by atoms with Crippen LogP contribution in [0, 0.1) is 0 Å². The van der Waals surface area contributed by atoms with Gasteiger partial charge in [-0.25, -0.2) is 9.78 Å². The molecule has 1 aromatic rings. The number of pyridine rings is 1. The molecule has 0 aromatic carbocycles. The number of carbonyl (C=O) groups is 1. The van der Waals surface area contributed by atoms with Crippen molar-refractivity contribution in [2.75, 3.05) is 11.6 Å². The predicted octanol–water partition coefficient (Wildman–Crippen LogP) is 3.52. The fraction of sp³-hybridized carbons (Fsp3) is 0.538. The van der Waals surface area contributed by atoms with E-state index in [-0.39, 0.29) is 11.6 Å². The molecule has 104 valence electrons. The predicted molar refractivity (Wildman–Crippen MR) is 79.4 cm³/mol. The van der Waals surface area contributed by atoms with Crippen molar-refractivity contribution in [3.63, 3.8) is 0 Å². The molecule has 1 aliphatic rings. The number of anilines is 1. The van der Waals surface area contributed by atoms with Crippen molar-refractivity contribution in [2.45, 2.75) is 37.0 Å². The van der Waals surface area contributed by atoms with Crippen LogP contribution >= 0.6 is 23.4 Å². The minimum atomic E-state index is -0.982. The SMILES string of the molecule is CSC1CCC(Nc2nc(Cl)ccc2C(=O)O)CC1. The van der Waals surface area contributed by atoms with Gasteiger partial charge >= 0.3 is 5.97 Å². The smallest absolute Gasteiger partial charge is 0.339 e. The Kier molecular flexibility index (Phi) is 4.93. The molecule has 0 atom stereocenters. The maximum Gasteiger partial charge on any atom is 0.339 e. The van der Waals surface area contributed by atoms with Crippen LogP contribution < -0.4 is 5.32 Å². The van der Waals surface area contributed by atoms with Gasteiger partial charge in [-0.05, 0) is 44.1 Å². The lowest BCUT2D eigenvalue weighted by Crippen LogP contribution is -2.28. The normalized spacial score (nSPS) is 23.1. The van der Waals surface area contributed by atoms with E-state index in [1.165, 1.54) is 12.1 Å². The van der Waals surface area contributed by atoms with Crippen LogP contribution in [-0.4, -0.2) is 33.6 Å². The number of rotatable bonds is 4. The Hall–Kier alpha value is -0.940. The first-order valence-corrected chi connectivity index (χ1v) is 7.96. The zero-order valence-electron chi connectivity index (χ0n) is 10.7. The number of thioether (sulfide) groups is 1. The highest BCUT2D eigenvalue weighted by Crippen LogP contribution is 2.29. The number of nitrogens with zero attached hydrogens (tertiary/aromatic N) is 1. The summed E-state index contributed by atoms with van der Waals surface area (Å²) < 4.78 is 0. The Morgan fingerprint density at radius 3 is 2.68 bits per heavy atom. The summed E-state index contributed by atoms with van der Waals surface area (Å²) in [6.45, 7) is 0. The Bertz CT molecular complexity index is 462. The standard InChI is InChI=1S/C13H17ClN2O2S/c1-19-9-4-2-8(3-5-9)15-12-10(13(17)18)6-7-11(14)16-12/h6-9H,2-5H2,1H3,(H,15,16)(H,17,18). The van der Waals surface area contributed by atoms with Crippen molar-refractivity contribution in [1.82, 2.24) is 4.98 Å². The molecule has 0 unspecified atom stereocenters. The third-order valence-electron chi connectivity index (χ3n) is 3.44. The minimum absolute atomic E-state index is 0.177. The van der Waals surface area contributed by atoms with E-state index in [0.29, 0.717) is 11.0 Å². The van der Waals surface area contributed by atoms with Crippen molar-refractivity contribution in [3.05, 3.63) is 22.8 Å². The third kappa shape index (κ3) is 3.76. The van der Waals surface area contributed by atoms with Crippen LogP contribution in [0.2, 0.25) is 5.15 Å². The van der Waals surface area contributed by atoms with Gasteiger partial charge in [-0.2, -0.15) is 11.8 Å². The molecule has 0 bridgehead atoms. The van der Waals surface area contributed by atoms with Crippen molar-refractivity contribution < 1.29 is 9.90 Å². The Morgan fingerprint density at radius 2 is 2.11 bits per heavy atom. The number of carboxylic acid groups (broad SMARTS) is 1. The van der Waals surface area contributed by atoms with Gasteiger partial charge in [-0.1, -0.05) is 11.6 Å². The van der Waals surface area contributed by atoms with Gasteiger partial charge in [0.2, 0.25) is 0 Å². The molecule has 0 saturated heterocycles. The van der Waals surface area contributed by atoms with Gasteiger partial charge in [0.05, 0.1) is 0 Å². The van der Waals surface area contributed by atoms with E-state index in [1.54, 1.807) is 0 Å². The summed E-state index contributed by atoms with van der Waals surface area (Å²) in [7, 11) is 0. The van der Waals surface area contributed by atoms with E-state index >= 15 is 0 Å². The highest BCUT2D eigenvalue weighted by Gasteiger charge is 2.22. The Balaban J connectivity index is 2.06. The number of aromatic carboxylic acids is 1. The Labute approximate surface area is 121 Å². The van der Waals surface area contributed by atoms with E-state index in [4.69, 9.17) is 16.7 Å². The van der Waals surface area contributed by atoms with Crippen LogP contribution in [0.4, 0.5) is 5.82 Å². The summed E-state index contributed by atoms with van der Waals surface area (Å²) in [5.41, 5.74) is 0.177. The largest absolute Gasteiger partial charge is 0.478 e. The average molecular weight is 301 g/mol. The fourth-order valence-electron chi connectivity index (χ4n) is 2.35. The molecule has 1 fully saturated rings. The highest BCUT2D eigenvalue weighted by molar-refractivity contribution is 7.99. The van der Waals surface area contributed by atoms with E-state index < -0.39 is 5.97 Å². The molecule has 0 radical (unpaired) electrons. The first kappa shape index (κ1) is 14.5. The lowest BCUT2D eigenvalue weighted by Gasteiger charge is -2.28. The summed E-state index contributed by atoms with van der Waals surface area (Å²) in [5.74, 6) is -0.600. The number of halogens is 1. The summed E-state index contributed by atoms with van der Waals surface area (Å²) in [6.07, 6.45) is 6.53. The second-order valence-electron chi connectivity index (χ2n) is 4.69. The quantitative estimate of drug-likeness (QED) is 0.833. The second kappa shape index (κ2) is 6.48. The molecular formula is C13H17ClN2O2S. The summed E-state index contributed by atoms with van der Waals surface area (Å²) in [5, 5.41) is 13.4. The molecule has 1 saturated carbocycles. The lowest BCUT2D eigenvalue weighted by molar-refractivity contribution is 0.0697. The van der Waals surface area contributed by atoms with Crippen LogP contribution in [-0.2, 0) is 0 Å². The van der Waals surface area contributed by atoms with Gasteiger partial charge < -0.3 is 10.4 Å². The number of aromatic nitrogens is 1. The topological polar surface area (TPSA) is 62.2 Å². The zero-order valence-corrected chi connectivity index (χ0v) is 12.3. The second-order valence-corrected chi connectivity index (χ2v) is 6.21. The van der Waals surface area contributed by atoms with Crippen molar-refractivity contribution in [3.8, 4) is 0 Å². The van der Waals surface area contributed by atoms with E-state index in [0.717, 1.165) is 30.9 Å². The van der Waals surface area contributed by atoms with Crippen LogP contribution in [0.25, 0.3) is 0 Å². The molecule has 19 heavy (non-hydrogen) atoms. The average Bonchev–Trinajstić information content (AvgIpc) is 2.39. The monoisotopic (exact) mass is 300 g/mol. The van der Waals surface area contributed by atoms with Gasteiger partial charge in [-0.3, -0.25) is 0 Å². The molecule has 1 heterocycles. The van der Waals surface area contributed by atoms with Gasteiger partial charge in [-0.15, -0.1) is 0 Å². The molecule has 0 amide bonds. The van der Waals surface area contributed by atoms with Gasteiger partial charge in [0.25, 0.3) is 0 Å². The Morgan fingerprint density at radius 1 is 1.42 bits per heavy atom. The fourth-order valence-corrected chi connectivity index (χ4v) is 3.25. The van der Waals surface area contributed by atoms with Crippen LogP contribution in [0.15, 0.2) is 12.1 Å². The molecule has 0 aliphatic heterocycles. The van der Waals surface area contributed by atoms with Crippen molar-refractivity contribution in [1.29, 1.82) is 0 Å². The number of hydrogen-bond donors (Lipinski definition) is 2. The summed E-state index contributed by atoms with van der Waals surface area (Å²) >= 11 is 7.74. The highest BCUT2D eigenvalue weighted by atomic mass is 35.5. The molecule has 0 spiro atoms. The van der Waals surface area contributed by atoms with E-state index in [2.05, 4.69) is 16.6 Å². The molecule has 1 aromatic heterocycles. The van der Waals surface area contributed by atoms with Crippen molar-refractivity contribution >= 4 is 35.1 Å². The van der Waals surface area contributed by atoms with Gasteiger partial charge in [0, 0.05) is 11.3 Å². The molecule has 6 heteroatoms. The molecular weight excluding hydrogens is 284 g/mol. The molecule has 2 rings (SSSR count). The maximum absolute atomic E-state index is 11.1.